The molecule has 0 aliphatic rings. The molecule has 0 amide bonds. The molecule has 0 saturated carbocycles. The van der Waals surface area contributed by atoms with Crippen LogP contribution in [0, 0.1) is 0 Å². The highest BCUT2D eigenvalue weighted by Gasteiger charge is 2.17. The predicted molar refractivity (Wildman–Crippen MR) is 88.7 cm³/mol. The van der Waals surface area contributed by atoms with Gasteiger partial charge in [0.2, 0.25) is 0 Å². The van der Waals surface area contributed by atoms with Gasteiger partial charge in [0.1, 0.15) is 0 Å². The van der Waals surface area contributed by atoms with Crippen LogP contribution in [0.25, 0.3) is 0 Å². The Morgan fingerprint density at radius 2 is 1.86 bits per heavy atom. The van der Waals surface area contributed by atoms with Gasteiger partial charge in [0, 0.05) is 35.0 Å². The van der Waals surface area contributed by atoms with E-state index in [1.165, 1.54) is 5.56 Å². The molecule has 21 heavy (non-hydrogen) atoms. The van der Waals surface area contributed by atoms with E-state index in [2.05, 4.69) is 29.4 Å². The summed E-state index contributed by atoms with van der Waals surface area (Å²) in [6.45, 7) is 2.13. The fraction of sp³-hybridized carbons (Fsp3) is 0.353. The van der Waals surface area contributed by atoms with Crippen molar-refractivity contribution in [3.8, 4) is 0 Å². The lowest BCUT2D eigenvalue weighted by Gasteiger charge is -2.23. The fourth-order valence-electron chi connectivity index (χ4n) is 2.26. The maximum Gasteiger partial charge on any atom is 0.0753 e. The molecule has 0 aliphatic carbocycles. The van der Waals surface area contributed by atoms with Crippen LogP contribution in [0.4, 0.5) is 0 Å². The number of aromatic nitrogens is 1. The molecule has 1 N–H and O–H groups in total. The minimum Gasteiger partial charge on any atom is -0.302 e. The van der Waals surface area contributed by atoms with E-state index in [9.17, 15) is 4.21 Å². The number of pyridine rings is 1. The highest BCUT2D eigenvalue weighted by Crippen LogP contribution is 2.21. The molecule has 1 heterocycles. The van der Waals surface area contributed by atoms with E-state index < -0.39 is 10.8 Å². The molecule has 2 rings (SSSR count). The first-order valence-electron chi connectivity index (χ1n) is 7.19. The lowest BCUT2D eigenvalue weighted by Crippen LogP contribution is -2.32. The average molecular weight is 302 g/mol. The van der Waals surface area contributed by atoms with Gasteiger partial charge in [-0.25, -0.2) is 0 Å². The molecule has 4 heteroatoms. The van der Waals surface area contributed by atoms with Gasteiger partial charge in [0.15, 0.2) is 0 Å². The Balaban J connectivity index is 2.15. The highest BCUT2D eigenvalue weighted by molar-refractivity contribution is 7.84. The second-order valence-corrected chi connectivity index (χ2v) is 6.79. The topological polar surface area (TPSA) is 42.0 Å². The van der Waals surface area contributed by atoms with Crippen LogP contribution in [0.15, 0.2) is 54.7 Å². The zero-order chi connectivity index (χ0) is 15.1. The standard InChI is InChI=1S/C17H22N2OS/c1-14(11-13-21(2)20)19-17(15-8-4-3-5-9-15)16-10-6-7-12-18-16/h3-10,12,14,17,19H,11,13H2,1-2H3. The van der Waals surface area contributed by atoms with Gasteiger partial charge in [0.05, 0.1) is 11.7 Å². The molecule has 3 unspecified atom stereocenters. The number of hydrogen-bond donors (Lipinski definition) is 1. The summed E-state index contributed by atoms with van der Waals surface area (Å²) in [5.74, 6) is 0.720. The van der Waals surface area contributed by atoms with Gasteiger partial charge in [-0.15, -0.1) is 0 Å². The highest BCUT2D eigenvalue weighted by atomic mass is 32.2. The Kier molecular flexibility index (Phi) is 6.08. The molecule has 0 radical (unpaired) electrons. The number of nitrogens with one attached hydrogen (secondary N) is 1. The maximum absolute atomic E-state index is 11.2. The Hall–Kier alpha value is -1.52. The summed E-state index contributed by atoms with van der Waals surface area (Å²) < 4.78 is 11.2. The predicted octanol–water partition coefficient (Wildman–Crippen LogP) is 2.92. The van der Waals surface area contributed by atoms with Crippen LogP contribution in [0.1, 0.15) is 30.6 Å². The number of rotatable bonds is 7. The largest absolute Gasteiger partial charge is 0.302 e. The van der Waals surface area contributed by atoms with E-state index in [0.29, 0.717) is 0 Å². The van der Waals surface area contributed by atoms with E-state index in [1.54, 1.807) is 6.26 Å². The van der Waals surface area contributed by atoms with Crippen molar-refractivity contribution in [1.82, 2.24) is 10.3 Å². The van der Waals surface area contributed by atoms with Crippen molar-refractivity contribution in [3.05, 3.63) is 66.0 Å². The van der Waals surface area contributed by atoms with E-state index >= 15 is 0 Å². The van der Waals surface area contributed by atoms with Crippen LogP contribution in [0.5, 0.6) is 0 Å². The Morgan fingerprint density at radius 1 is 1.14 bits per heavy atom. The van der Waals surface area contributed by atoms with Gasteiger partial charge in [-0.05, 0) is 31.0 Å². The zero-order valence-electron chi connectivity index (χ0n) is 12.5. The quantitative estimate of drug-likeness (QED) is 0.855. The summed E-state index contributed by atoms with van der Waals surface area (Å²) in [7, 11) is -0.746. The molecule has 1 aromatic carbocycles. The molecule has 0 bridgehead atoms. The second kappa shape index (κ2) is 8.05. The first-order valence-corrected chi connectivity index (χ1v) is 8.91. The molecule has 3 atom stereocenters. The Morgan fingerprint density at radius 3 is 2.48 bits per heavy atom. The van der Waals surface area contributed by atoms with Crippen LogP contribution in [-0.2, 0) is 10.8 Å². The van der Waals surface area contributed by atoms with Gasteiger partial charge < -0.3 is 5.32 Å². The summed E-state index contributed by atoms with van der Waals surface area (Å²) in [6.07, 6.45) is 4.46. The molecule has 0 fully saturated rings. The molecule has 1 aromatic heterocycles. The van der Waals surface area contributed by atoms with Gasteiger partial charge in [-0.1, -0.05) is 36.4 Å². The molecule has 2 aromatic rings. The maximum atomic E-state index is 11.2. The van der Waals surface area contributed by atoms with Crippen LogP contribution >= 0.6 is 0 Å². The number of benzene rings is 1. The monoisotopic (exact) mass is 302 g/mol. The van der Waals surface area contributed by atoms with Crippen molar-refractivity contribution in [2.24, 2.45) is 0 Å². The summed E-state index contributed by atoms with van der Waals surface area (Å²) in [4.78, 5) is 4.48. The molecule has 0 saturated heterocycles. The van der Waals surface area contributed by atoms with E-state index in [4.69, 9.17) is 0 Å². The smallest absolute Gasteiger partial charge is 0.0753 e. The van der Waals surface area contributed by atoms with Crippen LogP contribution < -0.4 is 5.32 Å². The zero-order valence-corrected chi connectivity index (χ0v) is 13.3. The molecular weight excluding hydrogens is 280 g/mol. The molecule has 112 valence electrons. The third kappa shape index (κ3) is 5.06. The first kappa shape index (κ1) is 15.9. The van der Waals surface area contributed by atoms with Gasteiger partial charge in [0.25, 0.3) is 0 Å². The lowest BCUT2D eigenvalue weighted by atomic mass is 10.0. The molecular formula is C17H22N2OS. The number of hydrogen-bond acceptors (Lipinski definition) is 3. The average Bonchev–Trinajstić information content (AvgIpc) is 2.52. The summed E-state index contributed by atoms with van der Waals surface area (Å²) >= 11 is 0. The third-order valence-corrected chi connectivity index (χ3v) is 4.22. The number of nitrogens with zero attached hydrogens (tertiary/aromatic N) is 1. The fourth-order valence-corrected chi connectivity index (χ4v) is 2.94. The van der Waals surface area contributed by atoms with E-state index in [0.717, 1.165) is 17.9 Å². The Labute approximate surface area is 129 Å². The minimum atomic E-state index is -0.746. The first-order chi connectivity index (χ1) is 10.2. The van der Waals surface area contributed by atoms with E-state index in [-0.39, 0.29) is 12.1 Å². The summed E-state index contributed by atoms with van der Waals surface area (Å²) in [5.41, 5.74) is 2.20. The van der Waals surface area contributed by atoms with Crippen LogP contribution in [-0.4, -0.2) is 27.2 Å². The second-order valence-electron chi connectivity index (χ2n) is 5.23. The van der Waals surface area contributed by atoms with Crippen molar-refractivity contribution >= 4 is 10.8 Å². The van der Waals surface area contributed by atoms with Crippen LogP contribution in [0.3, 0.4) is 0 Å². The van der Waals surface area contributed by atoms with Gasteiger partial charge in [-0.3, -0.25) is 9.19 Å². The normalized spacial score (nSPS) is 15.3. The van der Waals surface area contributed by atoms with E-state index in [1.807, 2.05) is 42.6 Å². The summed E-state index contributed by atoms with van der Waals surface area (Å²) in [5, 5.41) is 3.61. The summed E-state index contributed by atoms with van der Waals surface area (Å²) in [6, 6.07) is 16.6. The third-order valence-electron chi connectivity index (χ3n) is 3.41. The van der Waals surface area contributed by atoms with Crippen molar-refractivity contribution in [2.75, 3.05) is 12.0 Å². The lowest BCUT2D eigenvalue weighted by molar-refractivity contribution is 0.482. The molecule has 3 nitrogen and oxygen atoms in total. The van der Waals surface area contributed by atoms with Gasteiger partial charge in [-0.2, -0.15) is 0 Å². The Bertz CT molecular complexity index is 520. The van der Waals surface area contributed by atoms with Crippen molar-refractivity contribution < 1.29 is 4.21 Å². The minimum absolute atomic E-state index is 0.0627. The van der Waals surface area contributed by atoms with Crippen LogP contribution in [0.2, 0.25) is 0 Å². The SMILES string of the molecule is CC(CCS(C)=O)NC(c1ccccc1)c1ccccn1. The molecule has 0 spiro atoms. The van der Waals surface area contributed by atoms with Gasteiger partial charge >= 0.3 is 0 Å². The van der Waals surface area contributed by atoms with Crippen molar-refractivity contribution in [3.63, 3.8) is 0 Å². The van der Waals surface area contributed by atoms with Crippen molar-refractivity contribution in [2.45, 2.75) is 25.4 Å². The molecule has 0 aliphatic heterocycles. The van der Waals surface area contributed by atoms with Crippen molar-refractivity contribution in [1.29, 1.82) is 0 Å².